The third kappa shape index (κ3) is 9.60. The van der Waals surface area contributed by atoms with Gasteiger partial charge >= 0.3 is 0 Å². The summed E-state index contributed by atoms with van der Waals surface area (Å²) in [5.41, 5.74) is 1.21. The number of likely N-dealkylation sites (tertiary alicyclic amines) is 1. The van der Waals surface area contributed by atoms with Crippen LogP contribution in [0.3, 0.4) is 0 Å². The van der Waals surface area contributed by atoms with Gasteiger partial charge in [0.05, 0.1) is 13.2 Å². The van der Waals surface area contributed by atoms with Crippen LogP contribution in [0.5, 0.6) is 0 Å². The van der Waals surface area contributed by atoms with E-state index in [1.165, 1.54) is 5.57 Å². The molecule has 2 fully saturated rings. The SMILES string of the molecule is C=C(C)CN1CCC(NC(=NCC(=O)N(C)C)NCCCN2CCOCC2)CC1. The molecule has 0 spiro atoms. The van der Waals surface area contributed by atoms with Crippen molar-refractivity contribution in [1.29, 1.82) is 0 Å². The maximum Gasteiger partial charge on any atom is 0.243 e. The lowest BCUT2D eigenvalue weighted by Gasteiger charge is -2.33. The summed E-state index contributed by atoms with van der Waals surface area (Å²) in [6.07, 6.45) is 3.19. The Bertz CT molecular complexity index is 537. The fourth-order valence-electron chi connectivity index (χ4n) is 3.59. The zero-order valence-corrected chi connectivity index (χ0v) is 18.6. The van der Waals surface area contributed by atoms with E-state index in [1.807, 2.05) is 0 Å². The predicted molar refractivity (Wildman–Crippen MR) is 118 cm³/mol. The Hall–Kier alpha value is -1.64. The molecule has 0 atom stereocenters. The molecule has 2 aliphatic heterocycles. The summed E-state index contributed by atoms with van der Waals surface area (Å²) < 4.78 is 5.40. The average molecular weight is 409 g/mol. The van der Waals surface area contributed by atoms with Crippen LogP contribution in [0.25, 0.3) is 0 Å². The Morgan fingerprint density at radius 3 is 2.48 bits per heavy atom. The molecular formula is C21H40N6O2. The third-order valence-electron chi connectivity index (χ3n) is 5.34. The Labute approximate surface area is 176 Å². The maximum absolute atomic E-state index is 12.0. The molecule has 2 saturated heterocycles. The first-order valence-corrected chi connectivity index (χ1v) is 10.9. The molecule has 8 nitrogen and oxygen atoms in total. The molecule has 2 aliphatic rings. The number of amides is 1. The Morgan fingerprint density at radius 2 is 1.86 bits per heavy atom. The standard InChI is InChI=1S/C21H40N6O2/c1-18(2)17-27-10-6-19(7-11-27)24-21(23-16-20(28)25(3)4)22-8-5-9-26-12-14-29-15-13-26/h19H,1,5-17H2,2-4H3,(H2,22,23,24). The number of piperidine rings is 1. The number of nitrogens with zero attached hydrogens (tertiary/aromatic N) is 4. The molecule has 166 valence electrons. The Balaban J connectivity index is 1.78. The van der Waals surface area contributed by atoms with Crippen LogP contribution in [0, 0.1) is 0 Å². The molecule has 1 amide bonds. The molecule has 0 bridgehead atoms. The minimum atomic E-state index is 0.00990. The first-order valence-electron chi connectivity index (χ1n) is 10.9. The molecule has 29 heavy (non-hydrogen) atoms. The van der Waals surface area contributed by atoms with Crippen molar-refractivity contribution in [2.24, 2.45) is 4.99 Å². The van der Waals surface area contributed by atoms with Crippen molar-refractivity contribution in [3.63, 3.8) is 0 Å². The summed E-state index contributed by atoms with van der Waals surface area (Å²) >= 11 is 0. The Kier molecular flexibility index (Phi) is 10.5. The predicted octanol–water partition coefficient (Wildman–Crippen LogP) is 0.373. The highest BCUT2D eigenvalue weighted by Gasteiger charge is 2.20. The maximum atomic E-state index is 12.0. The largest absolute Gasteiger partial charge is 0.379 e. The highest BCUT2D eigenvalue weighted by molar-refractivity contribution is 5.84. The van der Waals surface area contributed by atoms with E-state index in [0.717, 1.165) is 84.2 Å². The average Bonchev–Trinajstić information content (AvgIpc) is 2.70. The fourth-order valence-corrected chi connectivity index (χ4v) is 3.59. The summed E-state index contributed by atoms with van der Waals surface area (Å²) in [5.74, 6) is 0.760. The van der Waals surface area contributed by atoms with Crippen LogP contribution in [0.4, 0.5) is 0 Å². The number of carbonyl (C=O) groups is 1. The van der Waals surface area contributed by atoms with Crippen molar-refractivity contribution >= 4 is 11.9 Å². The Morgan fingerprint density at radius 1 is 1.17 bits per heavy atom. The number of hydrogen-bond donors (Lipinski definition) is 2. The summed E-state index contributed by atoms with van der Waals surface area (Å²) in [5, 5.41) is 6.97. The van der Waals surface area contributed by atoms with Crippen LogP contribution in [0.1, 0.15) is 26.2 Å². The number of aliphatic imine (C=N–C) groups is 1. The zero-order valence-electron chi connectivity index (χ0n) is 18.6. The van der Waals surface area contributed by atoms with Crippen molar-refractivity contribution in [3.05, 3.63) is 12.2 Å². The molecule has 2 N–H and O–H groups in total. The number of rotatable bonds is 9. The van der Waals surface area contributed by atoms with Crippen molar-refractivity contribution in [2.75, 3.05) is 79.7 Å². The topological polar surface area (TPSA) is 72.4 Å². The van der Waals surface area contributed by atoms with Gasteiger partial charge in [0.25, 0.3) is 0 Å². The van der Waals surface area contributed by atoms with Gasteiger partial charge in [-0.2, -0.15) is 0 Å². The molecule has 0 aromatic rings. The fraction of sp³-hybridized carbons (Fsp3) is 0.810. The number of ether oxygens (including phenoxy) is 1. The van der Waals surface area contributed by atoms with E-state index in [4.69, 9.17) is 4.74 Å². The third-order valence-corrected chi connectivity index (χ3v) is 5.34. The first-order chi connectivity index (χ1) is 13.9. The number of nitrogens with one attached hydrogen (secondary N) is 2. The van der Waals surface area contributed by atoms with Gasteiger partial charge in [-0.3, -0.25) is 14.6 Å². The second-order valence-electron chi connectivity index (χ2n) is 8.34. The van der Waals surface area contributed by atoms with E-state index in [2.05, 4.69) is 38.9 Å². The van der Waals surface area contributed by atoms with Crippen molar-refractivity contribution < 1.29 is 9.53 Å². The second kappa shape index (κ2) is 12.8. The van der Waals surface area contributed by atoms with Crippen LogP contribution in [0.15, 0.2) is 17.1 Å². The highest BCUT2D eigenvalue weighted by Crippen LogP contribution is 2.11. The second-order valence-corrected chi connectivity index (χ2v) is 8.34. The van der Waals surface area contributed by atoms with E-state index in [-0.39, 0.29) is 12.5 Å². The first kappa shape index (κ1) is 23.6. The van der Waals surface area contributed by atoms with Crippen LogP contribution < -0.4 is 10.6 Å². The minimum Gasteiger partial charge on any atom is -0.379 e. The highest BCUT2D eigenvalue weighted by atomic mass is 16.5. The monoisotopic (exact) mass is 408 g/mol. The zero-order chi connectivity index (χ0) is 21.1. The van der Waals surface area contributed by atoms with Crippen LogP contribution >= 0.6 is 0 Å². The minimum absolute atomic E-state index is 0.00990. The van der Waals surface area contributed by atoms with E-state index in [9.17, 15) is 4.79 Å². The number of morpholine rings is 1. The van der Waals surface area contributed by atoms with E-state index >= 15 is 0 Å². The number of likely N-dealkylation sites (N-methyl/N-ethyl adjacent to an activating group) is 1. The summed E-state index contributed by atoms with van der Waals surface area (Å²) in [4.78, 5) is 22.9. The van der Waals surface area contributed by atoms with E-state index in [1.54, 1.807) is 19.0 Å². The molecule has 2 heterocycles. The molecule has 0 unspecified atom stereocenters. The summed E-state index contributed by atoms with van der Waals surface area (Å²) in [6.45, 7) is 14.9. The molecule has 0 aromatic heterocycles. The van der Waals surface area contributed by atoms with Gasteiger partial charge in [0, 0.05) is 59.4 Å². The lowest BCUT2D eigenvalue weighted by atomic mass is 10.0. The smallest absolute Gasteiger partial charge is 0.243 e. The van der Waals surface area contributed by atoms with Crippen LogP contribution in [-0.4, -0.2) is 112 Å². The van der Waals surface area contributed by atoms with Gasteiger partial charge in [0.1, 0.15) is 6.54 Å². The normalized spacial score (nSPS) is 19.8. The molecule has 2 rings (SSSR count). The molecular weight excluding hydrogens is 368 g/mol. The van der Waals surface area contributed by atoms with Gasteiger partial charge in [-0.25, -0.2) is 4.99 Å². The quantitative estimate of drug-likeness (QED) is 0.249. The van der Waals surface area contributed by atoms with E-state index in [0.29, 0.717) is 6.04 Å². The molecule has 8 heteroatoms. The summed E-state index contributed by atoms with van der Waals surface area (Å²) in [6, 6.07) is 0.385. The molecule has 0 aromatic carbocycles. The van der Waals surface area contributed by atoms with Gasteiger partial charge in [0.2, 0.25) is 5.91 Å². The lowest BCUT2D eigenvalue weighted by molar-refractivity contribution is -0.127. The molecule has 0 radical (unpaired) electrons. The van der Waals surface area contributed by atoms with Gasteiger partial charge in [-0.05, 0) is 32.7 Å². The van der Waals surface area contributed by atoms with Gasteiger partial charge < -0.3 is 20.3 Å². The van der Waals surface area contributed by atoms with E-state index < -0.39 is 0 Å². The van der Waals surface area contributed by atoms with Gasteiger partial charge in [-0.1, -0.05) is 12.2 Å². The number of hydrogen-bond acceptors (Lipinski definition) is 5. The number of guanidine groups is 1. The molecule has 0 aliphatic carbocycles. The van der Waals surface area contributed by atoms with Crippen molar-refractivity contribution in [2.45, 2.75) is 32.2 Å². The van der Waals surface area contributed by atoms with Gasteiger partial charge in [0.15, 0.2) is 5.96 Å². The van der Waals surface area contributed by atoms with Crippen LogP contribution in [0.2, 0.25) is 0 Å². The number of carbonyl (C=O) groups excluding carboxylic acids is 1. The van der Waals surface area contributed by atoms with Crippen molar-refractivity contribution in [3.8, 4) is 0 Å². The van der Waals surface area contributed by atoms with Crippen molar-refractivity contribution in [1.82, 2.24) is 25.3 Å². The van der Waals surface area contributed by atoms with Gasteiger partial charge in [-0.15, -0.1) is 0 Å². The summed E-state index contributed by atoms with van der Waals surface area (Å²) in [7, 11) is 3.52. The molecule has 0 saturated carbocycles. The van der Waals surface area contributed by atoms with Crippen LogP contribution in [-0.2, 0) is 9.53 Å². The lowest BCUT2D eigenvalue weighted by Crippen LogP contribution is -2.49.